The van der Waals surface area contributed by atoms with Gasteiger partial charge in [0.25, 0.3) is 0 Å². The molecule has 140 valence electrons. The number of fused-ring (bicyclic) bond motifs is 1. The van der Waals surface area contributed by atoms with Crippen molar-refractivity contribution in [2.75, 3.05) is 32.8 Å². The van der Waals surface area contributed by atoms with Crippen molar-refractivity contribution in [1.82, 2.24) is 15.2 Å². The lowest BCUT2D eigenvalue weighted by molar-refractivity contribution is -0.121. The number of H-pyrrole nitrogens is 1. The molecular formula is C22H25N3O2. The second-order valence-electron chi connectivity index (χ2n) is 6.98. The number of hydrogen-bond acceptors (Lipinski definition) is 3. The van der Waals surface area contributed by atoms with E-state index in [0.29, 0.717) is 6.42 Å². The Labute approximate surface area is 159 Å². The normalized spacial score (nSPS) is 16.3. The molecule has 3 aromatic rings. The first-order valence-electron chi connectivity index (χ1n) is 9.49. The summed E-state index contributed by atoms with van der Waals surface area (Å²) in [6.45, 7) is 4.12. The summed E-state index contributed by atoms with van der Waals surface area (Å²) in [5.74, 6) is 0.0434. The van der Waals surface area contributed by atoms with E-state index in [4.69, 9.17) is 4.74 Å². The van der Waals surface area contributed by atoms with Crippen LogP contribution >= 0.6 is 0 Å². The minimum atomic E-state index is -0.0259. The zero-order chi connectivity index (χ0) is 18.5. The van der Waals surface area contributed by atoms with Gasteiger partial charge < -0.3 is 15.0 Å². The van der Waals surface area contributed by atoms with Gasteiger partial charge in [-0.15, -0.1) is 0 Å². The third-order valence-electron chi connectivity index (χ3n) is 5.11. The lowest BCUT2D eigenvalue weighted by Crippen LogP contribution is -2.43. The molecule has 1 fully saturated rings. The van der Waals surface area contributed by atoms with Gasteiger partial charge in [0.2, 0.25) is 5.91 Å². The van der Waals surface area contributed by atoms with Crippen LogP contribution < -0.4 is 5.32 Å². The molecule has 0 saturated carbocycles. The van der Waals surface area contributed by atoms with Crippen molar-refractivity contribution in [3.05, 3.63) is 71.9 Å². The van der Waals surface area contributed by atoms with Crippen LogP contribution in [0.3, 0.4) is 0 Å². The number of hydrogen-bond donors (Lipinski definition) is 2. The Hall–Kier alpha value is -2.63. The third-order valence-corrected chi connectivity index (χ3v) is 5.11. The predicted molar refractivity (Wildman–Crippen MR) is 107 cm³/mol. The standard InChI is InChI=1S/C22H25N3O2/c26-22(14-18-15-23-20-9-5-4-8-19(18)20)24-21(17-6-2-1-3-7-17)16-25-10-12-27-13-11-25/h1-9,15,21,23H,10-14,16H2,(H,24,26)/t21-/m0/s1. The first-order valence-corrected chi connectivity index (χ1v) is 9.49. The summed E-state index contributed by atoms with van der Waals surface area (Å²) in [4.78, 5) is 18.4. The van der Waals surface area contributed by atoms with Crippen LogP contribution in [0.4, 0.5) is 0 Å². The number of nitrogens with one attached hydrogen (secondary N) is 2. The summed E-state index contributed by atoms with van der Waals surface area (Å²) in [5, 5.41) is 4.36. The molecular weight excluding hydrogens is 338 g/mol. The molecule has 27 heavy (non-hydrogen) atoms. The molecule has 2 aromatic carbocycles. The average Bonchev–Trinajstić information content (AvgIpc) is 3.12. The second kappa shape index (κ2) is 8.37. The summed E-state index contributed by atoms with van der Waals surface area (Å²) in [6, 6.07) is 18.3. The van der Waals surface area contributed by atoms with Gasteiger partial charge in [0, 0.05) is 36.7 Å². The first kappa shape index (κ1) is 17.8. The lowest BCUT2D eigenvalue weighted by atomic mass is 10.0. The van der Waals surface area contributed by atoms with Crippen LogP contribution in [0.5, 0.6) is 0 Å². The smallest absolute Gasteiger partial charge is 0.225 e. The van der Waals surface area contributed by atoms with Crippen molar-refractivity contribution < 1.29 is 9.53 Å². The summed E-state index contributed by atoms with van der Waals surface area (Å²) >= 11 is 0. The van der Waals surface area contributed by atoms with E-state index in [1.165, 1.54) is 0 Å². The molecule has 1 aliphatic rings. The van der Waals surface area contributed by atoms with Gasteiger partial charge in [0.15, 0.2) is 0 Å². The molecule has 5 heteroatoms. The van der Waals surface area contributed by atoms with Gasteiger partial charge in [-0.3, -0.25) is 9.69 Å². The van der Waals surface area contributed by atoms with Crippen molar-refractivity contribution >= 4 is 16.8 Å². The molecule has 2 N–H and O–H groups in total. The minimum absolute atomic E-state index is 0.0259. The van der Waals surface area contributed by atoms with E-state index < -0.39 is 0 Å². The van der Waals surface area contributed by atoms with Gasteiger partial charge in [0.1, 0.15) is 0 Å². The van der Waals surface area contributed by atoms with Gasteiger partial charge >= 0.3 is 0 Å². The van der Waals surface area contributed by atoms with E-state index in [9.17, 15) is 4.79 Å². The molecule has 0 aliphatic carbocycles. The highest BCUT2D eigenvalue weighted by Gasteiger charge is 2.20. The number of amides is 1. The number of benzene rings is 2. The number of aromatic nitrogens is 1. The molecule has 0 bridgehead atoms. The van der Waals surface area contributed by atoms with Crippen molar-refractivity contribution in [2.45, 2.75) is 12.5 Å². The molecule has 1 aromatic heterocycles. The van der Waals surface area contributed by atoms with Crippen LogP contribution in [-0.2, 0) is 16.0 Å². The molecule has 1 saturated heterocycles. The molecule has 2 heterocycles. The quantitative estimate of drug-likeness (QED) is 0.708. The fraction of sp³-hybridized carbons (Fsp3) is 0.318. The maximum Gasteiger partial charge on any atom is 0.225 e. The summed E-state index contributed by atoms with van der Waals surface area (Å²) in [5.41, 5.74) is 3.23. The SMILES string of the molecule is O=C(Cc1c[nH]c2ccccc12)N[C@@H](CN1CCOCC1)c1ccccc1. The fourth-order valence-corrected chi connectivity index (χ4v) is 3.66. The largest absolute Gasteiger partial charge is 0.379 e. The highest BCUT2D eigenvalue weighted by Crippen LogP contribution is 2.19. The van der Waals surface area contributed by atoms with E-state index in [1.54, 1.807) is 0 Å². The number of rotatable bonds is 6. The summed E-state index contributed by atoms with van der Waals surface area (Å²) < 4.78 is 5.45. The van der Waals surface area contributed by atoms with Crippen LogP contribution in [0.15, 0.2) is 60.8 Å². The average molecular weight is 363 g/mol. The highest BCUT2D eigenvalue weighted by molar-refractivity contribution is 5.89. The fourth-order valence-electron chi connectivity index (χ4n) is 3.66. The summed E-state index contributed by atoms with van der Waals surface area (Å²) in [6.07, 6.45) is 2.31. The number of ether oxygens (including phenoxy) is 1. The molecule has 5 nitrogen and oxygen atoms in total. The van der Waals surface area contributed by atoms with Crippen molar-refractivity contribution in [1.29, 1.82) is 0 Å². The van der Waals surface area contributed by atoms with Crippen LogP contribution in [0, 0.1) is 0 Å². The lowest BCUT2D eigenvalue weighted by Gasteiger charge is -2.31. The van der Waals surface area contributed by atoms with Gasteiger partial charge in [-0.25, -0.2) is 0 Å². The molecule has 4 rings (SSSR count). The Morgan fingerprint density at radius 3 is 2.63 bits per heavy atom. The summed E-state index contributed by atoms with van der Waals surface area (Å²) in [7, 11) is 0. The maximum atomic E-state index is 12.8. The second-order valence-corrected chi connectivity index (χ2v) is 6.98. The van der Waals surface area contributed by atoms with Crippen molar-refractivity contribution in [3.8, 4) is 0 Å². The number of carbonyl (C=O) groups is 1. The third kappa shape index (κ3) is 4.38. The van der Waals surface area contributed by atoms with E-state index in [0.717, 1.165) is 54.9 Å². The van der Waals surface area contributed by atoms with Gasteiger partial charge in [0.05, 0.1) is 25.7 Å². The monoisotopic (exact) mass is 363 g/mol. The van der Waals surface area contributed by atoms with Gasteiger partial charge in [-0.05, 0) is 17.2 Å². The Bertz CT molecular complexity index is 885. The molecule has 1 aliphatic heterocycles. The first-order chi connectivity index (χ1) is 13.3. The van der Waals surface area contributed by atoms with Crippen LogP contribution in [0.2, 0.25) is 0 Å². The number of morpholine rings is 1. The molecule has 0 unspecified atom stereocenters. The molecule has 0 spiro atoms. The molecule has 1 amide bonds. The Morgan fingerprint density at radius 1 is 1.07 bits per heavy atom. The zero-order valence-corrected chi connectivity index (χ0v) is 15.4. The zero-order valence-electron chi connectivity index (χ0n) is 15.4. The Kier molecular flexibility index (Phi) is 5.51. The number of para-hydroxylation sites is 1. The minimum Gasteiger partial charge on any atom is -0.379 e. The van der Waals surface area contributed by atoms with E-state index in [1.807, 2.05) is 42.6 Å². The van der Waals surface area contributed by atoms with Crippen LogP contribution in [-0.4, -0.2) is 48.6 Å². The van der Waals surface area contributed by atoms with Gasteiger partial charge in [-0.1, -0.05) is 48.5 Å². The topological polar surface area (TPSA) is 57.4 Å². The number of carbonyl (C=O) groups excluding carboxylic acids is 1. The maximum absolute atomic E-state index is 12.8. The predicted octanol–water partition coefficient (Wildman–Crippen LogP) is 2.90. The van der Waals surface area contributed by atoms with E-state index in [2.05, 4.69) is 33.4 Å². The highest BCUT2D eigenvalue weighted by atomic mass is 16.5. The van der Waals surface area contributed by atoms with Crippen LogP contribution in [0.25, 0.3) is 10.9 Å². The van der Waals surface area contributed by atoms with Crippen molar-refractivity contribution in [2.24, 2.45) is 0 Å². The molecule has 1 atom stereocenters. The van der Waals surface area contributed by atoms with Gasteiger partial charge in [-0.2, -0.15) is 0 Å². The van der Waals surface area contributed by atoms with Crippen LogP contribution in [0.1, 0.15) is 17.2 Å². The number of aromatic amines is 1. The number of nitrogens with zero attached hydrogens (tertiary/aromatic N) is 1. The Balaban J connectivity index is 1.47. The molecule has 0 radical (unpaired) electrons. The Morgan fingerprint density at radius 2 is 1.81 bits per heavy atom. The van der Waals surface area contributed by atoms with E-state index in [-0.39, 0.29) is 11.9 Å². The van der Waals surface area contributed by atoms with Crippen molar-refractivity contribution in [3.63, 3.8) is 0 Å². The van der Waals surface area contributed by atoms with E-state index >= 15 is 0 Å².